The van der Waals surface area contributed by atoms with Crippen LogP contribution in [0.2, 0.25) is 0 Å². The standard InChI is InChI=1S/C14H16N2O2/c17-9-11-3-4-16-13(6-11)8-15-14(16)7-12-2-1-5-18-10-12/h3-4,6,8-9,12H,1-2,5,7,10H2. The maximum absolute atomic E-state index is 10.7. The van der Waals surface area contributed by atoms with Crippen molar-refractivity contribution in [2.24, 2.45) is 5.92 Å². The van der Waals surface area contributed by atoms with Gasteiger partial charge in [0.05, 0.1) is 11.7 Å². The van der Waals surface area contributed by atoms with Crippen LogP contribution in [0, 0.1) is 5.92 Å². The maximum Gasteiger partial charge on any atom is 0.150 e. The van der Waals surface area contributed by atoms with Gasteiger partial charge in [0, 0.05) is 31.4 Å². The van der Waals surface area contributed by atoms with E-state index < -0.39 is 0 Å². The number of pyridine rings is 1. The summed E-state index contributed by atoms with van der Waals surface area (Å²) >= 11 is 0. The Bertz CT molecular complexity index is 556. The predicted molar refractivity (Wildman–Crippen MR) is 67.8 cm³/mol. The second-order valence-corrected chi connectivity index (χ2v) is 4.83. The molecule has 94 valence electrons. The van der Waals surface area contributed by atoms with E-state index >= 15 is 0 Å². The fraction of sp³-hybridized carbons (Fsp3) is 0.429. The number of carbonyl (C=O) groups excluding carboxylic acids is 1. The van der Waals surface area contributed by atoms with Gasteiger partial charge in [-0.3, -0.25) is 4.79 Å². The van der Waals surface area contributed by atoms with Gasteiger partial charge in [0.1, 0.15) is 12.1 Å². The lowest BCUT2D eigenvalue weighted by Crippen LogP contribution is -2.20. The zero-order valence-corrected chi connectivity index (χ0v) is 10.2. The molecule has 0 saturated carbocycles. The third-order valence-corrected chi connectivity index (χ3v) is 3.49. The van der Waals surface area contributed by atoms with Crippen LogP contribution in [0.4, 0.5) is 0 Å². The van der Waals surface area contributed by atoms with Gasteiger partial charge in [0.25, 0.3) is 0 Å². The minimum absolute atomic E-state index is 0.565. The van der Waals surface area contributed by atoms with Gasteiger partial charge in [-0.1, -0.05) is 0 Å². The summed E-state index contributed by atoms with van der Waals surface area (Å²) in [7, 11) is 0. The van der Waals surface area contributed by atoms with Crippen molar-refractivity contribution in [2.75, 3.05) is 13.2 Å². The van der Waals surface area contributed by atoms with E-state index in [-0.39, 0.29) is 0 Å². The minimum Gasteiger partial charge on any atom is -0.381 e. The third-order valence-electron chi connectivity index (χ3n) is 3.49. The Kier molecular flexibility index (Phi) is 3.11. The molecular weight excluding hydrogens is 228 g/mol. The lowest BCUT2D eigenvalue weighted by molar-refractivity contribution is 0.0542. The summed E-state index contributed by atoms with van der Waals surface area (Å²) in [5, 5.41) is 0. The van der Waals surface area contributed by atoms with Crippen LogP contribution in [-0.2, 0) is 11.2 Å². The molecule has 1 fully saturated rings. The first-order valence-corrected chi connectivity index (χ1v) is 6.36. The first kappa shape index (κ1) is 11.4. The number of hydrogen-bond donors (Lipinski definition) is 0. The largest absolute Gasteiger partial charge is 0.381 e. The smallest absolute Gasteiger partial charge is 0.150 e. The molecule has 0 amide bonds. The quantitative estimate of drug-likeness (QED) is 0.777. The number of aldehydes is 1. The van der Waals surface area contributed by atoms with Crippen molar-refractivity contribution in [3.05, 3.63) is 35.9 Å². The Balaban J connectivity index is 1.85. The Hall–Kier alpha value is -1.68. The van der Waals surface area contributed by atoms with Gasteiger partial charge >= 0.3 is 0 Å². The number of imidazole rings is 1. The molecule has 4 heteroatoms. The molecule has 0 N–H and O–H groups in total. The Morgan fingerprint density at radius 2 is 2.50 bits per heavy atom. The van der Waals surface area contributed by atoms with Crippen LogP contribution >= 0.6 is 0 Å². The van der Waals surface area contributed by atoms with Crippen molar-refractivity contribution in [3.8, 4) is 0 Å². The van der Waals surface area contributed by atoms with Crippen molar-refractivity contribution >= 4 is 11.8 Å². The van der Waals surface area contributed by atoms with E-state index in [0.717, 1.165) is 43.7 Å². The van der Waals surface area contributed by atoms with Crippen molar-refractivity contribution in [1.82, 2.24) is 9.38 Å². The second kappa shape index (κ2) is 4.90. The fourth-order valence-electron chi connectivity index (χ4n) is 2.52. The molecule has 0 aromatic carbocycles. The Morgan fingerprint density at radius 3 is 3.28 bits per heavy atom. The van der Waals surface area contributed by atoms with Gasteiger partial charge < -0.3 is 9.14 Å². The summed E-state index contributed by atoms with van der Waals surface area (Å²) in [5.74, 6) is 1.62. The van der Waals surface area contributed by atoms with Crippen LogP contribution in [0.25, 0.3) is 5.52 Å². The number of ether oxygens (including phenoxy) is 1. The molecular formula is C14H16N2O2. The number of fused-ring (bicyclic) bond motifs is 1. The van der Waals surface area contributed by atoms with E-state index in [9.17, 15) is 4.79 Å². The topological polar surface area (TPSA) is 43.6 Å². The Labute approximate surface area is 106 Å². The van der Waals surface area contributed by atoms with Crippen LogP contribution < -0.4 is 0 Å². The van der Waals surface area contributed by atoms with Gasteiger partial charge in [-0.15, -0.1) is 0 Å². The van der Waals surface area contributed by atoms with Crippen molar-refractivity contribution in [1.29, 1.82) is 0 Å². The van der Waals surface area contributed by atoms with Crippen LogP contribution in [0.5, 0.6) is 0 Å². The van der Waals surface area contributed by atoms with E-state index in [4.69, 9.17) is 4.74 Å². The second-order valence-electron chi connectivity index (χ2n) is 4.83. The van der Waals surface area contributed by atoms with E-state index in [2.05, 4.69) is 9.38 Å². The molecule has 1 atom stereocenters. The SMILES string of the molecule is O=Cc1ccn2c(CC3CCCOC3)ncc2c1. The fourth-order valence-corrected chi connectivity index (χ4v) is 2.52. The van der Waals surface area contributed by atoms with E-state index in [1.807, 2.05) is 24.5 Å². The molecule has 3 heterocycles. The maximum atomic E-state index is 10.7. The zero-order valence-electron chi connectivity index (χ0n) is 10.2. The summed E-state index contributed by atoms with van der Waals surface area (Å²) in [6.45, 7) is 1.73. The molecule has 1 saturated heterocycles. The van der Waals surface area contributed by atoms with Crippen molar-refractivity contribution in [3.63, 3.8) is 0 Å². The summed E-state index contributed by atoms with van der Waals surface area (Å²) in [6, 6.07) is 3.68. The van der Waals surface area contributed by atoms with Crippen LogP contribution in [0.15, 0.2) is 24.5 Å². The summed E-state index contributed by atoms with van der Waals surface area (Å²) in [5.41, 5.74) is 1.67. The molecule has 1 aliphatic rings. The van der Waals surface area contributed by atoms with Gasteiger partial charge in [0.15, 0.2) is 0 Å². The average molecular weight is 244 g/mol. The van der Waals surface area contributed by atoms with Crippen LogP contribution in [-0.4, -0.2) is 28.9 Å². The summed E-state index contributed by atoms with van der Waals surface area (Å²) in [4.78, 5) is 15.2. The lowest BCUT2D eigenvalue weighted by atomic mass is 9.98. The number of nitrogens with zero attached hydrogens (tertiary/aromatic N) is 2. The highest BCUT2D eigenvalue weighted by Crippen LogP contribution is 2.19. The highest BCUT2D eigenvalue weighted by Gasteiger charge is 2.16. The molecule has 18 heavy (non-hydrogen) atoms. The minimum atomic E-state index is 0.565. The van der Waals surface area contributed by atoms with E-state index in [1.165, 1.54) is 6.42 Å². The van der Waals surface area contributed by atoms with Gasteiger partial charge in [-0.05, 0) is 30.9 Å². The predicted octanol–water partition coefficient (Wildman–Crippen LogP) is 2.12. The lowest BCUT2D eigenvalue weighted by Gasteiger charge is -2.21. The van der Waals surface area contributed by atoms with Crippen LogP contribution in [0.3, 0.4) is 0 Å². The monoisotopic (exact) mass is 244 g/mol. The first-order valence-electron chi connectivity index (χ1n) is 6.36. The molecule has 0 radical (unpaired) electrons. The number of rotatable bonds is 3. The molecule has 4 nitrogen and oxygen atoms in total. The highest BCUT2D eigenvalue weighted by molar-refractivity contribution is 5.77. The van der Waals surface area contributed by atoms with Crippen molar-refractivity contribution in [2.45, 2.75) is 19.3 Å². The normalized spacial score (nSPS) is 20.1. The molecule has 0 spiro atoms. The Morgan fingerprint density at radius 1 is 1.56 bits per heavy atom. The highest BCUT2D eigenvalue weighted by atomic mass is 16.5. The molecule has 2 aromatic heterocycles. The van der Waals surface area contributed by atoms with E-state index in [0.29, 0.717) is 11.5 Å². The molecule has 1 aliphatic heterocycles. The summed E-state index contributed by atoms with van der Waals surface area (Å²) in [6.07, 6.45) is 7.90. The zero-order chi connectivity index (χ0) is 12.4. The number of aromatic nitrogens is 2. The van der Waals surface area contributed by atoms with Gasteiger partial charge in [-0.25, -0.2) is 4.98 Å². The molecule has 1 unspecified atom stereocenters. The van der Waals surface area contributed by atoms with Gasteiger partial charge in [-0.2, -0.15) is 0 Å². The van der Waals surface area contributed by atoms with E-state index in [1.54, 1.807) is 0 Å². The van der Waals surface area contributed by atoms with Crippen LogP contribution in [0.1, 0.15) is 29.0 Å². The average Bonchev–Trinajstić information content (AvgIpc) is 2.82. The van der Waals surface area contributed by atoms with Crippen molar-refractivity contribution < 1.29 is 9.53 Å². The molecule has 0 aliphatic carbocycles. The first-order chi connectivity index (χ1) is 8.86. The molecule has 2 aromatic rings. The number of hydrogen-bond acceptors (Lipinski definition) is 3. The number of carbonyl (C=O) groups is 1. The molecule has 0 bridgehead atoms. The van der Waals surface area contributed by atoms with Gasteiger partial charge in [0.2, 0.25) is 0 Å². The summed E-state index contributed by atoms with van der Waals surface area (Å²) < 4.78 is 7.55. The molecule has 3 rings (SSSR count). The third kappa shape index (κ3) is 2.16.